The quantitative estimate of drug-likeness (QED) is 0.305. The molecular formula is C31H27BrN2O5. The molecule has 1 N–H and O–H groups in total. The van der Waals surface area contributed by atoms with E-state index in [0.717, 1.165) is 22.9 Å². The highest BCUT2D eigenvalue weighted by Gasteiger charge is 2.64. The number of benzene rings is 3. The molecule has 0 aromatic heterocycles. The first kappa shape index (κ1) is 25.5. The van der Waals surface area contributed by atoms with E-state index in [1.54, 1.807) is 24.3 Å². The number of rotatable bonds is 6. The predicted octanol–water partition coefficient (Wildman–Crippen LogP) is 5.48. The summed E-state index contributed by atoms with van der Waals surface area (Å²) in [4.78, 5) is 53.5. The zero-order chi connectivity index (χ0) is 27.3. The molecule has 39 heavy (non-hydrogen) atoms. The van der Waals surface area contributed by atoms with Crippen molar-refractivity contribution in [2.75, 3.05) is 16.8 Å². The Balaban J connectivity index is 1.14. The Morgan fingerprint density at radius 2 is 1.72 bits per heavy atom. The third-order valence-corrected chi connectivity index (χ3v) is 8.87. The Kier molecular flexibility index (Phi) is 6.59. The molecule has 1 aliphatic heterocycles. The minimum atomic E-state index is -0.706. The van der Waals surface area contributed by atoms with Crippen molar-refractivity contribution >= 4 is 51.0 Å². The summed E-state index contributed by atoms with van der Waals surface area (Å²) in [7, 11) is 0. The van der Waals surface area contributed by atoms with Crippen molar-refractivity contribution in [3.05, 3.63) is 94.0 Å². The van der Waals surface area contributed by atoms with Crippen molar-refractivity contribution in [1.82, 2.24) is 0 Å². The maximum Gasteiger partial charge on any atom is 0.338 e. The van der Waals surface area contributed by atoms with Gasteiger partial charge in [-0.2, -0.15) is 0 Å². The smallest absolute Gasteiger partial charge is 0.338 e. The van der Waals surface area contributed by atoms with E-state index >= 15 is 0 Å². The van der Waals surface area contributed by atoms with Crippen LogP contribution in [-0.2, 0) is 19.1 Å². The van der Waals surface area contributed by atoms with E-state index in [4.69, 9.17) is 4.74 Å². The summed E-state index contributed by atoms with van der Waals surface area (Å²) in [5, 5.41) is 2.73. The summed E-state index contributed by atoms with van der Waals surface area (Å²) in [6.45, 7) is 1.40. The Hall–Kier alpha value is -3.78. The van der Waals surface area contributed by atoms with Gasteiger partial charge in [-0.05, 0) is 85.0 Å². The molecule has 7 nitrogen and oxygen atoms in total. The van der Waals surface area contributed by atoms with Gasteiger partial charge < -0.3 is 10.1 Å². The summed E-state index contributed by atoms with van der Waals surface area (Å²) in [6.07, 6.45) is 1.81. The molecule has 2 bridgehead atoms. The molecule has 3 amide bonds. The van der Waals surface area contributed by atoms with Gasteiger partial charge in [-0.25, -0.2) is 4.79 Å². The molecule has 3 aliphatic rings. The van der Waals surface area contributed by atoms with E-state index in [-0.39, 0.29) is 47.0 Å². The van der Waals surface area contributed by atoms with Gasteiger partial charge in [-0.15, -0.1) is 0 Å². The number of hydrogen-bond donors (Lipinski definition) is 1. The molecule has 0 radical (unpaired) electrons. The van der Waals surface area contributed by atoms with Crippen LogP contribution in [0.1, 0.15) is 40.2 Å². The molecule has 3 aromatic carbocycles. The fourth-order valence-electron chi connectivity index (χ4n) is 6.74. The van der Waals surface area contributed by atoms with Crippen LogP contribution in [0.3, 0.4) is 0 Å². The van der Waals surface area contributed by atoms with Crippen molar-refractivity contribution in [2.45, 2.75) is 25.7 Å². The van der Waals surface area contributed by atoms with E-state index in [2.05, 4.69) is 33.4 Å². The van der Waals surface area contributed by atoms with E-state index in [9.17, 15) is 19.2 Å². The van der Waals surface area contributed by atoms with Gasteiger partial charge in [0.25, 0.3) is 5.91 Å². The Labute approximate surface area is 234 Å². The van der Waals surface area contributed by atoms with Crippen LogP contribution in [0, 0.1) is 30.6 Å². The van der Waals surface area contributed by atoms with Gasteiger partial charge >= 0.3 is 5.97 Å². The molecule has 2 saturated carbocycles. The summed E-state index contributed by atoms with van der Waals surface area (Å²) < 4.78 is 6.13. The van der Waals surface area contributed by atoms with Gasteiger partial charge in [-0.3, -0.25) is 19.3 Å². The number of nitrogens with zero attached hydrogens (tertiary/aromatic N) is 1. The molecule has 0 spiro atoms. The topological polar surface area (TPSA) is 92.8 Å². The number of aryl methyl sites for hydroxylation is 1. The number of fused-ring (bicyclic) bond motifs is 5. The number of anilines is 2. The average molecular weight is 587 g/mol. The van der Waals surface area contributed by atoms with Gasteiger partial charge in [0.05, 0.1) is 23.1 Å². The molecule has 3 fully saturated rings. The van der Waals surface area contributed by atoms with Crippen LogP contribution in [0.2, 0.25) is 0 Å². The van der Waals surface area contributed by atoms with Gasteiger partial charge in [0.2, 0.25) is 11.8 Å². The molecular weight excluding hydrogens is 560 g/mol. The van der Waals surface area contributed by atoms with Gasteiger partial charge in [0, 0.05) is 10.2 Å². The second-order valence-electron chi connectivity index (χ2n) is 10.6. The first-order valence-electron chi connectivity index (χ1n) is 13.1. The third kappa shape index (κ3) is 4.56. The first-order chi connectivity index (χ1) is 18.8. The van der Waals surface area contributed by atoms with Gasteiger partial charge in [0.1, 0.15) is 0 Å². The lowest BCUT2D eigenvalue weighted by atomic mass is 9.73. The third-order valence-electron chi connectivity index (χ3n) is 8.38. The lowest BCUT2D eigenvalue weighted by molar-refractivity contribution is -0.123. The van der Waals surface area contributed by atoms with Crippen LogP contribution < -0.4 is 10.2 Å². The Morgan fingerprint density at radius 3 is 2.49 bits per heavy atom. The largest absolute Gasteiger partial charge is 0.452 e. The minimum absolute atomic E-state index is 0.143. The second-order valence-corrected chi connectivity index (χ2v) is 11.5. The van der Waals surface area contributed by atoms with Crippen LogP contribution in [0.25, 0.3) is 0 Å². The van der Waals surface area contributed by atoms with Crippen LogP contribution >= 0.6 is 15.9 Å². The number of carbonyl (C=O) groups excluding carboxylic acids is 4. The standard InChI is InChI=1S/C31H27BrN2O5/c1-17-12-21(32)10-11-25(17)33-26(35)16-39-31(38)19-8-5-9-22(13-19)34-29(36)27-20-14-23(18-6-3-2-4-7-18)24(15-20)28(27)30(34)37/h2-13,20,23-24,27-28H,14-16H2,1H3,(H,33,35)/t20-,23-,24+,27+,28+/m0/s1. The number of hydrogen-bond acceptors (Lipinski definition) is 5. The molecule has 1 heterocycles. The number of esters is 1. The number of imide groups is 1. The van der Waals surface area contributed by atoms with Gasteiger partial charge in [0.15, 0.2) is 6.61 Å². The number of halogens is 1. The van der Waals surface area contributed by atoms with E-state index < -0.39 is 18.5 Å². The van der Waals surface area contributed by atoms with Crippen molar-refractivity contribution in [1.29, 1.82) is 0 Å². The van der Waals surface area contributed by atoms with E-state index in [0.29, 0.717) is 11.4 Å². The SMILES string of the molecule is Cc1cc(Br)ccc1NC(=O)COC(=O)c1cccc(N2C(=O)[C@@H]3[C@@H]4C[C@@H]([C@H]3C2=O)[C@H](c2ccccc2)C4)c1. The normalized spacial score (nSPS) is 25.1. The monoisotopic (exact) mass is 586 g/mol. The molecule has 8 heteroatoms. The van der Waals surface area contributed by atoms with Crippen molar-refractivity contribution in [3.63, 3.8) is 0 Å². The Bertz CT molecular complexity index is 1490. The minimum Gasteiger partial charge on any atom is -0.452 e. The van der Waals surface area contributed by atoms with Crippen molar-refractivity contribution in [3.8, 4) is 0 Å². The van der Waals surface area contributed by atoms with Crippen LogP contribution in [0.5, 0.6) is 0 Å². The van der Waals surface area contributed by atoms with Gasteiger partial charge in [-0.1, -0.05) is 52.3 Å². The van der Waals surface area contributed by atoms with E-state index in [1.807, 2.05) is 37.3 Å². The lowest BCUT2D eigenvalue weighted by Gasteiger charge is -2.28. The molecule has 0 unspecified atom stereocenters. The highest BCUT2D eigenvalue weighted by atomic mass is 79.9. The van der Waals surface area contributed by atoms with Crippen LogP contribution in [-0.4, -0.2) is 30.3 Å². The summed E-state index contributed by atoms with van der Waals surface area (Å²) in [5.41, 5.74) is 3.25. The zero-order valence-electron chi connectivity index (χ0n) is 21.3. The van der Waals surface area contributed by atoms with Crippen molar-refractivity contribution in [2.24, 2.45) is 23.7 Å². The lowest BCUT2D eigenvalue weighted by Crippen LogP contribution is -2.33. The van der Waals surface area contributed by atoms with Crippen LogP contribution in [0.4, 0.5) is 11.4 Å². The fraction of sp³-hybridized carbons (Fsp3) is 0.290. The summed E-state index contributed by atoms with van der Waals surface area (Å²) in [6, 6.07) is 22.0. The molecule has 2 aliphatic carbocycles. The molecule has 5 atom stereocenters. The number of carbonyl (C=O) groups is 4. The second kappa shape index (κ2) is 10.1. The van der Waals surface area contributed by atoms with Crippen LogP contribution in [0.15, 0.2) is 77.3 Å². The summed E-state index contributed by atoms with van der Waals surface area (Å²) in [5.74, 6) is -1.56. The summed E-state index contributed by atoms with van der Waals surface area (Å²) >= 11 is 3.38. The average Bonchev–Trinajstić information content (AvgIpc) is 3.60. The molecule has 198 valence electrons. The Morgan fingerprint density at radius 1 is 0.949 bits per heavy atom. The number of nitrogens with one attached hydrogen (secondary N) is 1. The zero-order valence-corrected chi connectivity index (χ0v) is 22.9. The highest BCUT2D eigenvalue weighted by molar-refractivity contribution is 9.10. The number of ether oxygens (including phenoxy) is 1. The maximum absolute atomic E-state index is 13.6. The molecule has 6 rings (SSSR count). The molecule has 1 saturated heterocycles. The predicted molar refractivity (Wildman–Crippen MR) is 149 cm³/mol. The first-order valence-corrected chi connectivity index (χ1v) is 13.9. The molecule has 3 aromatic rings. The fourth-order valence-corrected chi connectivity index (χ4v) is 7.21. The highest BCUT2D eigenvalue weighted by Crippen LogP contribution is 2.61. The van der Waals surface area contributed by atoms with Crippen molar-refractivity contribution < 1.29 is 23.9 Å². The number of amides is 3. The van der Waals surface area contributed by atoms with E-state index in [1.165, 1.54) is 16.5 Å². The maximum atomic E-state index is 13.6.